The fraction of sp³-hybridized carbons (Fsp3) is 0.611. The minimum Gasteiger partial charge on any atom is -0.493 e. The minimum absolute atomic E-state index is 0. The van der Waals surface area contributed by atoms with Gasteiger partial charge in [-0.1, -0.05) is 19.9 Å². The van der Waals surface area contributed by atoms with Crippen LogP contribution >= 0.6 is 12.4 Å². The standard InChI is InChI=1S/C18H28N2O2.ClH/c1-13(2)12-22-17-8-4-6-15(10-17)18(21)20-9-5-7-16(11-20)14(3)19;/h4,6,8,10,13-14,16H,5,7,9,11-12,19H2,1-3H3;1H. The van der Waals surface area contributed by atoms with Crippen LogP contribution in [0.2, 0.25) is 0 Å². The molecule has 0 spiro atoms. The number of hydrogen-bond donors (Lipinski definition) is 1. The van der Waals surface area contributed by atoms with E-state index in [-0.39, 0.29) is 24.4 Å². The third-order valence-corrected chi connectivity index (χ3v) is 4.15. The molecular formula is C18H29ClN2O2. The number of nitrogens with two attached hydrogens (primary N) is 1. The van der Waals surface area contributed by atoms with Crippen LogP contribution in [0.4, 0.5) is 0 Å². The molecule has 1 aromatic carbocycles. The quantitative estimate of drug-likeness (QED) is 0.894. The predicted molar refractivity (Wildman–Crippen MR) is 96.3 cm³/mol. The molecule has 1 aliphatic heterocycles. The lowest BCUT2D eigenvalue weighted by Gasteiger charge is -2.34. The van der Waals surface area contributed by atoms with E-state index in [0.717, 1.165) is 31.7 Å². The monoisotopic (exact) mass is 340 g/mol. The Labute approximate surface area is 145 Å². The molecule has 1 aliphatic rings. The van der Waals surface area contributed by atoms with Gasteiger partial charge in [0.05, 0.1) is 6.61 Å². The molecule has 0 bridgehead atoms. The van der Waals surface area contributed by atoms with E-state index in [9.17, 15) is 4.79 Å². The Balaban J connectivity index is 0.00000264. The van der Waals surface area contributed by atoms with Crippen molar-refractivity contribution in [2.45, 2.75) is 39.7 Å². The average molecular weight is 341 g/mol. The molecule has 1 aromatic rings. The second-order valence-electron chi connectivity index (χ2n) is 6.75. The molecule has 130 valence electrons. The number of rotatable bonds is 5. The summed E-state index contributed by atoms with van der Waals surface area (Å²) in [7, 11) is 0. The van der Waals surface area contributed by atoms with Crippen LogP contribution in [0.1, 0.15) is 44.0 Å². The fourth-order valence-corrected chi connectivity index (χ4v) is 2.79. The predicted octanol–water partition coefficient (Wildman–Crippen LogP) is 3.34. The lowest BCUT2D eigenvalue weighted by molar-refractivity contribution is 0.0660. The van der Waals surface area contributed by atoms with Gasteiger partial charge in [-0.15, -0.1) is 12.4 Å². The van der Waals surface area contributed by atoms with Crippen molar-refractivity contribution >= 4 is 18.3 Å². The molecule has 0 radical (unpaired) electrons. The van der Waals surface area contributed by atoms with Crippen LogP contribution in [0.15, 0.2) is 24.3 Å². The van der Waals surface area contributed by atoms with Gasteiger partial charge in [-0.2, -0.15) is 0 Å². The van der Waals surface area contributed by atoms with E-state index in [4.69, 9.17) is 10.5 Å². The van der Waals surface area contributed by atoms with Gasteiger partial charge in [0, 0.05) is 24.7 Å². The molecular weight excluding hydrogens is 312 g/mol. The summed E-state index contributed by atoms with van der Waals surface area (Å²) >= 11 is 0. The van der Waals surface area contributed by atoms with Gasteiger partial charge in [-0.05, 0) is 49.8 Å². The highest BCUT2D eigenvalue weighted by atomic mass is 35.5. The second-order valence-corrected chi connectivity index (χ2v) is 6.75. The number of halogens is 1. The summed E-state index contributed by atoms with van der Waals surface area (Å²) in [4.78, 5) is 14.6. The van der Waals surface area contributed by atoms with Gasteiger partial charge in [0.15, 0.2) is 0 Å². The first kappa shape index (κ1) is 19.8. The molecule has 0 saturated carbocycles. The van der Waals surface area contributed by atoms with E-state index in [0.29, 0.717) is 24.0 Å². The summed E-state index contributed by atoms with van der Waals surface area (Å²) in [5.41, 5.74) is 6.70. The average Bonchev–Trinajstić information content (AvgIpc) is 2.52. The summed E-state index contributed by atoms with van der Waals surface area (Å²) in [6.07, 6.45) is 2.14. The molecule has 2 N–H and O–H groups in total. The fourth-order valence-electron chi connectivity index (χ4n) is 2.79. The lowest BCUT2D eigenvalue weighted by atomic mass is 9.92. The molecule has 2 atom stereocenters. The van der Waals surface area contributed by atoms with E-state index in [1.807, 2.05) is 36.1 Å². The normalized spacial score (nSPS) is 19.2. The number of hydrogen-bond acceptors (Lipinski definition) is 3. The lowest BCUT2D eigenvalue weighted by Crippen LogP contribution is -2.45. The van der Waals surface area contributed by atoms with Crippen LogP contribution in [0.5, 0.6) is 5.75 Å². The topological polar surface area (TPSA) is 55.6 Å². The summed E-state index contributed by atoms with van der Waals surface area (Å²) in [5.74, 6) is 1.71. The maximum Gasteiger partial charge on any atom is 0.253 e. The van der Waals surface area contributed by atoms with Crippen molar-refractivity contribution < 1.29 is 9.53 Å². The van der Waals surface area contributed by atoms with Gasteiger partial charge in [0.25, 0.3) is 5.91 Å². The van der Waals surface area contributed by atoms with Gasteiger partial charge in [0.1, 0.15) is 5.75 Å². The van der Waals surface area contributed by atoms with Crippen LogP contribution < -0.4 is 10.5 Å². The molecule has 0 aromatic heterocycles. The smallest absolute Gasteiger partial charge is 0.253 e. The molecule has 1 heterocycles. The highest BCUT2D eigenvalue weighted by molar-refractivity contribution is 5.94. The highest BCUT2D eigenvalue weighted by Gasteiger charge is 2.26. The summed E-state index contributed by atoms with van der Waals surface area (Å²) in [6.45, 7) is 8.48. The molecule has 2 unspecified atom stereocenters. The van der Waals surface area contributed by atoms with Crippen molar-refractivity contribution in [2.24, 2.45) is 17.6 Å². The molecule has 0 aliphatic carbocycles. The van der Waals surface area contributed by atoms with Gasteiger partial charge >= 0.3 is 0 Å². The molecule has 1 amide bonds. The highest BCUT2D eigenvalue weighted by Crippen LogP contribution is 2.22. The van der Waals surface area contributed by atoms with Crippen LogP contribution in [0.3, 0.4) is 0 Å². The number of nitrogens with zero attached hydrogens (tertiary/aromatic N) is 1. The first-order chi connectivity index (χ1) is 10.5. The SMILES string of the molecule is CC(C)COc1cccc(C(=O)N2CCCC(C(C)N)C2)c1.Cl. The molecule has 4 nitrogen and oxygen atoms in total. The van der Waals surface area contributed by atoms with Crippen LogP contribution in [-0.2, 0) is 0 Å². The Bertz CT molecular complexity index is 506. The van der Waals surface area contributed by atoms with Crippen LogP contribution in [0.25, 0.3) is 0 Å². The number of benzene rings is 1. The maximum atomic E-state index is 12.7. The molecule has 1 saturated heterocycles. The van der Waals surface area contributed by atoms with E-state index < -0.39 is 0 Å². The number of carbonyl (C=O) groups is 1. The second kappa shape index (κ2) is 9.14. The van der Waals surface area contributed by atoms with Gasteiger partial charge in [0.2, 0.25) is 0 Å². The number of piperidine rings is 1. The van der Waals surface area contributed by atoms with Crippen molar-refractivity contribution in [3.63, 3.8) is 0 Å². The largest absolute Gasteiger partial charge is 0.493 e. The number of ether oxygens (including phenoxy) is 1. The van der Waals surface area contributed by atoms with E-state index in [2.05, 4.69) is 13.8 Å². The molecule has 5 heteroatoms. The summed E-state index contributed by atoms with van der Waals surface area (Å²) in [6, 6.07) is 7.63. The van der Waals surface area contributed by atoms with Crippen molar-refractivity contribution in [1.29, 1.82) is 0 Å². The van der Waals surface area contributed by atoms with E-state index >= 15 is 0 Å². The van der Waals surface area contributed by atoms with Gasteiger partial charge < -0.3 is 15.4 Å². The first-order valence-corrected chi connectivity index (χ1v) is 8.25. The van der Waals surface area contributed by atoms with Gasteiger partial charge in [-0.25, -0.2) is 0 Å². The summed E-state index contributed by atoms with van der Waals surface area (Å²) in [5, 5.41) is 0. The number of likely N-dealkylation sites (tertiary alicyclic amines) is 1. The van der Waals surface area contributed by atoms with Gasteiger partial charge in [-0.3, -0.25) is 4.79 Å². The van der Waals surface area contributed by atoms with Crippen molar-refractivity contribution in [3.8, 4) is 5.75 Å². The summed E-state index contributed by atoms with van der Waals surface area (Å²) < 4.78 is 5.71. The van der Waals surface area contributed by atoms with Crippen LogP contribution in [-0.4, -0.2) is 36.5 Å². The Morgan fingerprint density at radius 1 is 1.39 bits per heavy atom. The number of carbonyl (C=O) groups excluding carboxylic acids is 1. The Hall–Kier alpha value is -1.26. The van der Waals surface area contributed by atoms with Crippen molar-refractivity contribution in [1.82, 2.24) is 4.90 Å². The zero-order valence-electron chi connectivity index (χ0n) is 14.3. The zero-order valence-corrected chi connectivity index (χ0v) is 15.1. The molecule has 23 heavy (non-hydrogen) atoms. The molecule has 1 fully saturated rings. The van der Waals surface area contributed by atoms with Crippen molar-refractivity contribution in [2.75, 3.05) is 19.7 Å². The third-order valence-electron chi connectivity index (χ3n) is 4.15. The molecule has 2 rings (SSSR count). The third kappa shape index (κ3) is 5.70. The Morgan fingerprint density at radius 3 is 2.78 bits per heavy atom. The van der Waals surface area contributed by atoms with E-state index in [1.165, 1.54) is 0 Å². The Kier molecular flexibility index (Phi) is 7.86. The number of amides is 1. The van der Waals surface area contributed by atoms with Crippen molar-refractivity contribution in [3.05, 3.63) is 29.8 Å². The van der Waals surface area contributed by atoms with E-state index in [1.54, 1.807) is 0 Å². The minimum atomic E-state index is 0. The Morgan fingerprint density at radius 2 is 2.13 bits per heavy atom. The maximum absolute atomic E-state index is 12.7. The zero-order chi connectivity index (χ0) is 16.1. The van der Waals surface area contributed by atoms with Crippen LogP contribution in [0, 0.1) is 11.8 Å². The first-order valence-electron chi connectivity index (χ1n) is 8.25.